The molecule has 0 N–H and O–H groups in total. The normalized spacial score (nSPS) is 16.9. The summed E-state index contributed by atoms with van der Waals surface area (Å²) in [6.07, 6.45) is -0.113. The fourth-order valence-electron chi connectivity index (χ4n) is 1.82. The molecule has 0 bridgehead atoms. The molecule has 0 saturated heterocycles. The molecule has 0 unspecified atom stereocenters. The third-order valence-electron chi connectivity index (χ3n) is 3.03. The van der Waals surface area contributed by atoms with Crippen LogP contribution in [0.3, 0.4) is 0 Å². The van der Waals surface area contributed by atoms with Crippen molar-refractivity contribution in [2.24, 2.45) is 0 Å². The summed E-state index contributed by atoms with van der Waals surface area (Å²) in [5.41, 5.74) is -0.494. The fraction of sp³-hybridized carbons (Fsp3) is 0.500. The summed E-state index contributed by atoms with van der Waals surface area (Å²) < 4.78 is 30.6. The van der Waals surface area contributed by atoms with Crippen LogP contribution in [-0.2, 0) is 10.2 Å². The Morgan fingerprint density at radius 3 is 2.82 bits per heavy atom. The third kappa shape index (κ3) is 2.14. The second kappa shape index (κ2) is 4.39. The predicted octanol–water partition coefficient (Wildman–Crippen LogP) is 2.56. The van der Waals surface area contributed by atoms with Gasteiger partial charge >= 0.3 is 5.97 Å². The molecule has 1 heterocycles. The monoisotopic (exact) mass is 241 g/mol. The maximum Gasteiger partial charge on any atom is 0.356 e. The minimum absolute atomic E-state index is 0.0938. The maximum atomic E-state index is 12.9. The van der Waals surface area contributed by atoms with Crippen LogP contribution in [0.25, 0.3) is 0 Å². The van der Waals surface area contributed by atoms with Crippen LogP contribution in [0, 0.1) is 0 Å². The zero-order valence-electron chi connectivity index (χ0n) is 9.45. The summed E-state index contributed by atoms with van der Waals surface area (Å²) in [6.45, 7) is 1.92. The van der Waals surface area contributed by atoms with Gasteiger partial charge in [0.25, 0.3) is 0 Å². The van der Waals surface area contributed by atoms with Crippen LogP contribution in [0.2, 0.25) is 0 Å². The molecule has 1 saturated carbocycles. The first-order valence-electron chi connectivity index (χ1n) is 5.52. The van der Waals surface area contributed by atoms with Gasteiger partial charge in [-0.2, -0.15) is 0 Å². The lowest BCUT2D eigenvalue weighted by molar-refractivity contribution is 0.0518. The number of nitrogens with zero attached hydrogens (tertiary/aromatic N) is 1. The van der Waals surface area contributed by atoms with Crippen molar-refractivity contribution < 1.29 is 18.3 Å². The zero-order valence-corrected chi connectivity index (χ0v) is 9.45. The highest BCUT2D eigenvalue weighted by molar-refractivity contribution is 5.87. The number of hydrogen-bond donors (Lipinski definition) is 0. The van der Waals surface area contributed by atoms with Gasteiger partial charge in [-0.1, -0.05) is 0 Å². The van der Waals surface area contributed by atoms with Crippen molar-refractivity contribution in [2.45, 2.75) is 31.6 Å². The van der Waals surface area contributed by atoms with Crippen molar-refractivity contribution in [3.05, 3.63) is 29.6 Å². The van der Waals surface area contributed by atoms with Gasteiger partial charge in [0, 0.05) is 6.20 Å². The second-order valence-electron chi connectivity index (χ2n) is 4.11. The lowest BCUT2D eigenvalue weighted by Gasteiger charge is -2.14. The van der Waals surface area contributed by atoms with Crippen molar-refractivity contribution in [3.8, 4) is 0 Å². The number of ether oxygens (including phenoxy) is 1. The number of rotatable bonds is 4. The quantitative estimate of drug-likeness (QED) is 0.760. The Kier molecular flexibility index (Phi) is 3.09. The molecular formula is C12H13F2NO2. The van der Waals surface area contributed by atoms with E-state index in [0.29, 0.717) is 18.4 Å². The van der Waals surface area contributed by atoms with Crippen molar-refractivity contribution >= 4 is 5.97 Å². The third-order valence-corrected chi connectivity index (χ3v) is 3.03. The first kappa shape index (κ1) is 12.0. The standard InChI is InChI=1S/C12H13F2NO2/c1-2-17-10(16)9-7-8(3-6-15-9)12(4-5-12)11(13)14/h3,6-7,11H,2,4-5H2,1H3. The van der Waals surface area contributed by atoms with Gasteiger partial charge < -0.3 is 4.74 Å². The predicted molar refractivity (Wildman–Crippen MR) is 57.1 cm³/mol. The summed E-state index contributed by atoms with van der Waals surface area (Å²) in [4.78, 5) is 15.3. The highest BCUT2D eigenvalue weighted by atomic mass is 19.3. The van der Waals surface area contributed by atoms with E-state index in [2.05, 4.69) is 4.98 Å². The molecule has 1 aromatic heterocycles. The van der Waals surface area contributed by atoms with Crippen molar-refractivity contribution in [3.63, 3.8) is 0 Å². The average molecular weight is 241 g/mol. The van der Waals surface area contributed by atoms with Crippen molar-refractivity contribution in [2.75, 3.05) is 6.61 Å². The second-order valence-corrected chi connectivity index (χ2v) is 4.11. The van der Waals surface area contributed by atoms with E-state index in [1.807, 2.05) is 0 Å². The Balaban J connectivity index is 2.26. The van der Waals surface area contributed by atoms with Gasteiger partial charge in [0.1, 0.15) is 5.69 Å². The molecule has 1 aromatic rings. The van der Waals surface area contributed by atoms with E-state index < -0.39 is 17.8 Å². The summed E-state index contributed by atoms with van der Waals surface area (Å²) in [7, 11) is 0. The van der Waals surface area contributed by atoms with Crippen LogP contribution in [0.5, 0.6) is 0 Å². The Hall–Kier alpha value is -1.52. The molecule has 3 nitrogen and oxygen atoms in total. The molecule has 0 atom stereocenters. The number of carbonyl (C=O) groups excluding carboxylic acids is 1. The summed E-state index contributed by atoms with van der Waals surface area (Å²) >= 11 is 0. The highest BCUT2D eigenvalue weighted by Gasteiger charge is 2.52. The van der Waals surface area contributed by atoms with Crippen LogP contribution in [0.4, 0.5) is 8.78 Å². The average Bonchev–Trinajstić information content (AvgIpc) is 3.11. The van der Waals surface area contributed by atoms with Crippen LogP contribution in [0.15, 0.2) is 18.3 Å². The number of carbonyl (C=O) groups is 1. The highest BCUT2D eigenvalue weighted by Crippen LogP contribution is 2.52. The number of esters is 1. The van der Waals surface area contributed by atoms with Crippen molar-refractivity contribution in [1.29, 1.82) is 0 Å². The molecule has 0 amide bonds. The van der Waals surface area contributed by atoms with Gasteiger partial charge in [0.15, 0.2) is 0 Å². The number of alkyl halides is 2. The van der Waals surface area contributed by atoms with E-state index >= 15 is 0 Å². The molecular weight excluding hydrogens is 228 g/mol. The Morgan fingerprint density at radius 2 is 2.29 bits per heavy atom. The number of halogens is 2. The van der Waals surface area contributed by atoms with Crippen LogP contribution in [0.1, 0.15) is 35.8 Å². The fourth-order valence-corrected chi connectivity index (χ4v) is 1.82. The van der Waals surface area contributed by atoms with Gasteiger partial charge in [-0.05, 0) is 37.5 Å². The van der Waals surface area contributed by atoms with E-state index in [1.165, 1.54) is 12.3 Å². The number of aromatic nitrogens is 1. The maximum absolute atomic E-state index is 12.9. The minimum atomic E-state index is -2.40. The molecule has 0 aliphatic heterocycles. The Morgan fingerprint density at radius 1 is 1.59 bits per heavy atom. The zero-order chi connectivity index (χ0) is 12.5. The summed E-state index contributed by atoms with van der Waals surface area (Å²) in [5, 5.41) is 0. The molecule has 5 heteroatoms. The van der Waals surface area contributed by atoms with Gasteiger partial charge in [-0.15, -0.1) is 0 Å². The molecule has 17 heavy (non-hydrogen) atoms. The van der Waals surface area contributed by atoms with E-state index in [1.54, 1.807) is 13.0 Å². The van der Waals surface area contributed by atoms with Gasteiger partial charge in [-0.25, -0.2) is 18.6 Å². The molecule has 1 aliphatic carbocycles. The number of hydrogen-bond acceptors (Lipinski definition) is 3. The smallest absolute Gasteiger partial charge is 0.356 e. The molecule has 0 aromatic carbocycles. The first-order chi connectivity index (χ1) is 8.10. The van der Waals surface area contributed by atoms with E-state index in [0.717, 1.165) is 0 Å². The van der Waals surface area contributed by atoms with E-state index in [9.17, 15) is 13.6 Å². The van der Waals surface area contributed by atoms with E-state index in [-0.39, 0.29) is 12.3 Å². The van der Waals surface area contributed by atoms with Crippen LogP contribution >= 0.6 is 0 Å². The Labute approximate surface area is 97.8 Å². The molecule has 2 rings (SSSR count). The van der Waals surface area contributed by atoms with Gasteiger partial charge in [0.05, 0.1) is 12.0 Å². The molecule has 1 fully saturated rings. The minimum Gasteiger partial charge on any atom is -0.461 e. The SMILES string of the molecule is CCOC(=O)c1cc(C2(C(F)F)CC2)ccn1. The number of pyridine rings is 1. The van der Waals surface area contributed by atoms with Crippen LogP contribution in [-0.4, -0.2) is 24.0 Å². The Bertz CT molecular complexity index is 430. The largest absolute Gasteiger partial charge is 0.461 e. The van der Waals surface area contributed by atoms with E-state index in [4.69, 9.17) is 4.74 Å². The summed E-state index contributed by atoms with van der Waals surface area (Å²) in [5.74, 6) is -0.570. The lowest BCUT2D eigenvalue weighted by Crippen LogP contribution is -2.18. The van der Waals surface area contributed by atoms with Gasteiger partial charge in [0.2, 0.25) is 6.43 Å². The molecule has 1 aliphatic rings. The van der Waals surface area contributed by atoms with Crippen molar-refractivity contribution in [1.82, 2.24) is 4.98 Å². The van der Waals surface area contributed by atoms with Crippen LogP contribution < -0.4 is 0 Å². The van der Waals surface area contributed by atoms with Gasteiger partial charge in [-0.3, -0.25) is 0 Å². The lowest BCUT2D eigenvalue weighted by atomic mass is 9.97. The topological polar surface area (TPSA) is 39.2 Å². The summed E-state index contributed by atoms with van der Waals surface area (Å²) in [6, 6.07) is 2.96. The first-order valence-corrected chi connectivity index (χ1v) is 5.52. The molecule has 0 spiro atoms. The molecule has 0 radical (unpaired) electrons. The molecule has 92 valence electrons.